The second kappa shape index (κ2) is 7.35. The van der Waals surface area contributed by atoms with Crippen molar-refractivity contribution in [2.24, 2.45) is 5.10 Å². The summed E-state index contributed by atoms with van der Waals surface area (Å²) in [4.78, 5) is 13.8. The predicted octanol–water partition coefficient (Wildman–Crippen LogP) is 4.75. The number of halogens is 1. The Morgan fingerprint density at radius 3 is 2.88 bits per heavy atom. The van der Waals surface area contributed by atoms with Crippen LogP contribution in [-0.2, 0) is 4.79 Å². The third kappa shape index (κ3) is 3.38. The Morgan fingerprint density at radius 1 is 1.27 bits per heavy atom. The van der Waals surface area contributed by atoms with Crippen LogP contribution < -0.4 is 4.74 Å². The Hall–Kier alpha value is -2.57. The molecule has 1 aromatic carbocycles. The van der Waals surface area contributed by atoms with Crippen molar-refractivity contribution < 1.29 is 13.9 Å². The summed E-state index contributed by atoms with van der Waals surface area (Å²) in [6.07, 6.45) is 2.20. The van der Waals surface area contributed by atoms with Gasteiger partial charge < -0.3 is 9.15 Å². The van der Waals surface area contributed by atoms with Crippen LogP contribution in [0.2, 0.25) is 5.02 Å². The van der Waals surface area contributed by atoms with Gasteiger partial charge in [0.25, 0.3) is 5.91 Å². The quantitative estimate of drug-likeness (QED) is 0.635. The molecule has 3 aromatic rings. The van der Waals surface area contributed by atoms with Crippen LogP contribution in [0.5, 0.6) is 5.75 Å². The standard InChI is InChI=1S/C19H15ClN2O3S/c20-13-5-1-2-6-16(13)25-12-19(23)22-15(17-7-3-9-24-17)11-14(21-22)18-8-4-10-26-18/h1-10,15H,11-12H2/t15-/m1/s1. The van der Waals surface area contributed by atoms with E-state index in [-0.39, 0.29) is 18.6 Å². The minimum Gasteiger partial charge on any atom is -0.482 e. The van der Waals surface area contributed by atoms with E-state index in [2.05, 4.69) is 5.10 Å². The van der Waals surface area contributed by atoms with Gasteiger partial charge in [-0.05, 0) is 35.7 Å². The largest absolute Gasteiger partial charge is 0.482 e. The van der Waals surface area contributed by atoms with Crippen molar-refractivity contribution in [2.45, 2.75) is 12.5 Å². The second-order valence-corrected chi connectivity index (χ2v) is 7.07. The number of hydrogen-bond donors (Lipinski definition) is 0. The smallest absolute Gasteiger partial charge is 0.281 e. The highest BCUT2D eigenvalue weighted by Crippen LogP contribution is 2.34. The Kier molecular flexibility index (Phi) is 4.77. The van der Waals surface area contributed by atoms with E-state index in [0.29, 0.717) is 23.0 Å². The third-order valence-corrected chi connectivity index (χ3v) is 5.26. The van der Waals surface area contributed by atoms with E-state index in [0.717, 1.165) is 10.6 Å². The van der Waals surface area contributed by atoms with Crippen LogP contribution >= 0.6 is 22.9 Å². The van der Waals surface area contributed by atoms with Crippen molar-refractivity contribution in [1.82, 2.24) is 5.01 Å². The molecular weight excluding hydrogens is 372 g/mol. The van der Waals surface area contributed by atoms with Crippen molar-refractivity contribution in [3.05, 3.63) is 75.8 Å². The molecule has 26 heavy (non-hydrogen) atoms. The highest BCUT2D eigenvalue weighted by atomic mass is 35.5. The molecule has 3 heterocycles. The van der Waals surface area contributed by atoms with E-state index < -0.39 is 0 Å². The van der Waals surface area contributed by atoms with Crippen LogP contribution in [0.15, 0.2) is 69.7 Å². The van der Waals surface area contributed by atoms with Crippen molar-refractivity contribution in [2.75, 3.05) is 6.61 Å². The summed E-state index contributed by atoms with van der Waals surface area (Å²) in [5.74, 6) is 0.919. The van der Waals surface area contributed by atoms with Gasteiger partial charge in [-0.15, -0.1) is 11.3 Å². The topological polar surface area (TPSA) is 55.0 Å². The molecule has 0 saturated carbocycles. The maximum absolute atomic E-state index is 12.8. The van der Waals surface area contributed by atoms with Crippen LogP contribution in [0.3, 0.4) is 0 Å². The molecule has 7 heteroatoms. The van der Waals surface area contributed by atoms with Crippen molar-refractivity contribution in [3.63, 3.8) is 0 Å². The predicted molar refractivity (Wildman–Crippen MR) is 101 cm³/mol. The van der Waals surface area contributed by atoms with Crippen molar-refractivity contribution in [1.29, 1.82) is 0 Å². The molecule has 1 atom stereocenters. The van der Waals surface area contributed by atoms with Crippen LogP contribution in [0.1, 0.15) is 23.1 Å². The Balaban J connectivity index is 1.54. The van der Waals surface area contributed by atoms with E-state index in [1.54, 1.807) is 41.9 Å². The number of para-hydroxylation sites is 1. The number of thiophene rings is 1. The molecule has 5 nitrogen and oxygen atoms in total. The molecule has 1 amide bonds. The SMILES string of the molecule is O=C(COc1ccccc1Cl)N1N=C(c2cccs2)C[C@@H]1c1ccco1. The first kappa shape index (κ1) is 16.9. The lowest BCUT2D eigenvalue weighted by molar-refractivity contribution is -0.135. The molecule has 1 aliphatic rings. The highest BCUT2D eigenvalue weighted by molar-refractivity contribution is 7.12. The van der Waals surface area contributed by atoms with Crippen LogP contribution in [0.4, 0.5) is 0 Å². The molecule has 0 aliphatic carbocycles. The van der Waals surface area contributed by atoms with Gasteiger partial charge in [0.2, 0.25) is 0 Å². The fraction of sp³-hybridized carbons (Fsp3) is 0.158. The minimum atomic E-state index is -0.274. The zero-order chi connectivity index (χ0) is 17.9. The van der Waals surface area contributed by atoms with Gasteiger partial charge in [-0.1, -0.05) is 29.8 Å². The molecule has 0 radical (unpaired) electrons. The number of furan rings is 1. The highest BCUT2D eigenvalue weighted by Gasteiger charge is 2.35. The molecule has 0 spiro atoms. The van der Waals surface area contributed by atoms with E-state index in [1.165, 1.54) is 5.01 Å². The lowest BCUT2D eigenvalue weighted by Crippen LogP contribution is -2.31. The summed E-state index contributed by atoms with van der Waals surface area (Å²) in [5.41, 5.74) is 0.868. The van der Waals surface area contributed by atoms with Gasteiger partial charge in [0, 0.05) is 6.42 Å². The summed E-state index contributed by atoms with van der Waals surface area (Å²) in [5, 5.41) is 8.45. The third-order valence-electron chi connectivity index (χ3n) is 4.03. The molecule has 4 rings (SSSR count). The van der Waals surface area contributed by atoms with E-state index in [1.807, 2.05) is 29.6 Å². The first-order valence-electron chi connectivity index (χ1n) is 8.06. The molecule has 0 unspecified atom stereocenters. The number of carbonyl (C=O) groups is 1. The number of carbonyl (C=O) groups excluding carboxylic acids is 1. The molecule has 0 N–H and O–H groups in total. The van der Waals surface area contributed by atoms with E-state index in [9.17, 15) is 4.79 Å². The monoisotopic (exact) mass is 386 g/mol. The summed E-state index contributed by atoms with van der Waals surface area (Å²) in [7, 11) is 0. The Morgan fingerprint density at radius 2 is 2.15 bits per heavy atom. The average molecular weight is 387 g/mol. The molecule has 2 aromatic heterocycles. The van der Waals surface area contributed by atoms with Gasteiger partial charge in [-0.3, -0.25) is 4.79 Å². The zero-order valence-corrected chi connectivity index (χ0v) is 15.2. The number of benzene rings is 1. The molecule has 1 aliphatic heterocycles. The number of amides is 1. The van der Waals surface area contributed by atoms with Gasteiger partial charge in [-0.2, -0.15) is 5.10 Å². The van der Waals surface area contributed by atoms with Crippen LogP contribution in [0.25, 0.3) is 0 Å². The lowest BCUT2D eigenvalue weighted by atomic mass is 10.1. The molecule has 0 saturated heterocycles. The van der Waals surface area contributed by atoms with Gasteiger partial charge >= 0.3 is 0 Å². The van der Waals surface area contributed by atoms with E-state index >= 15 is 0 Å². The summed E-state index contributed by atoms with van der Waals surface area (Å²) in [6.45, 7) is -0.151. The van der Waals surface area contributed by atoms with Gasteiger partial charge in [0.05, 0.1) is 21.9 Å². The summed E-state index contributed by atoms with van der Waals surface area (Å²) < 4.78 is 11.1. The fourth-order valence-corrected chi connectivity index (χ4v) is 3.71. The van der Waals surface area contributed by atoms with Crippen LogP contribution in [-0.4, -0.2) is 23.2 Å². The Labute approximate surface area is 159 Å². The number of hydrazone groups is 1. The number of ether oxygens (including phenoxy) is 1. The molecule has 132 valence electrons. The maximum Gasteiger partial charge on any atom is 0.281 e. The Bertz CT molecular complexity index is 922. The van der Waals surface area contributed by atoms with Crippen molar-refractivity contribution >= 4 is 34.6 Å². The number of hydrogen-bond acceptors (Lipinski definition) is 5. The first-order chi connectivity index (χ1) is 12.7. The summed E-state index contributed by atoms with van der Waals surface area (Å²) in [6, 6.07) is 14.4. The van der Waals surface area contributed by atoms with E-state index in [4.69, 9.17) is 20.8 Å². The lowest BCUT2D eigenvalue weighted by Gasteiger charge is -2.20. The van der Waals surface area contributed by atoms with Gasteiger partial charge in [-0.25, -0.2) is 5.01 Å². The average Bonchev–Trinajstić information content (AvgIpc) is 3.41. The first-order valence-corrected chi connectivity index (χ1v) is 9.32. The summed E-state index contributed by atoms with van der Waals surface area (Å²) >= 11 is 7.67. The molecule has 0 fully saturated rings. The zero-order valence-electron chi connectivity index (χ0n) is 13.7. The number of nitrogens with zero attached hydrogens (tertiary/aromatic N) is 2. The van der Waals surface area contributed by atoms with Crippen LogP contribution in [0, 0.1) is 0 Å². The maximum atomic E-state index is 12.8. The van der Waals surface area contributed by atoms with Crippen molar-refractivity contribution in [3.8, 4) is 5.75 Å². The van der Waals surface area contributed by atoms with Gasteiger partial charge in [0.1, 0.15) is 17.6 Å². The second-order valence-electron chi connectivity index (χ2n) is 5.72. The molecular formula is C19H15ClN2O3S. The van der Waals surface area contributed by atoms with Gasteiger partial charge in [0.15, 0.2) is 6.61 Å². The fourth-order valence-electron chi connectivity index (χ4n) is 2.80. The number of rotatable bonds is 5. The normalized spacial score (nSPS) is 16.6. The molecule has 0 bridgehead atoms. The minimum absolute atomic E-state index is 0.151.